The number of non-ortho nitro benzene ring substituents is 1. The van der Waals surface area contributed by atoms with E-state index < -0.39 is 4.92 Å². The molecule has 0 unspecified atom stereocenters. The number of amides is 2. The van der Waals surface area contributed by atoms with E-state index in [-0.39, 0.29) is 24.0 Å². The molecule has 0 fully saturated rings. The van der Waals surface area contributed by atoms with Gasteiger partial charge in [0.15, 0.2) is 0 Å². The number of hydrogen-bond donors (Lipinski definition) is 1. The number of anilines is 1. The van der Waals surface area contributed by atoms with Crippen LogP contribution >= 0.6 is 0 Å². The molecule has 1 N–H and O–H groups in total. The zero-order valence-corrected chi connectivity index (χ0v) is 16.3. The average molecular weight is 397 g/mol. The molecule has 0 saturated carbocycles. The molecule has 2 amide bonds. The highest BCUT2D eigenvalue weighted by Gasteiger charge is 2.15. The van der Waals surface area contributed by atoms with E-state index in [0.717, 1.165) is 0 Å². The van der Waals surface area contributed by atoms with Gasteiger partial charge in [0, 0.05) is 24.8 Å². The number of rotatable bonds is 9. The number of para-hydroxylation sites is 2. The van der Waals surface area contributed by atoms with Crippen molar-refractivity contribution in [2.45, 2.75) is 13.3 Å². The quantitative estimate of drug-likeness (QED) is 0.396. The average Bonchev–Trinajstić information content (AvgIpc) is 2.72. The highest BCUT2D eigenvalue weighted by molar-refractivity contribution is 5.98. The van der Waals surface area contributed by atoms with Gasteiger partial charge in [0.2, 0.25) is 11.8 Å². The van der Waals surface area contributed by atoms with Crippen molar-refractivity contribution in [3.63, 3.8) is 0 Å². The number of ether oxygens (including phenoxy) is 1. The minimum atomic E-state index is -0.484. The first-order chi connectivity index (χ1) is 13.9. The summed E-state index contributed by atoms with van der Waals surface area (Å²) in [5.41, 5.74) is 1.17. The predicted molar refractivity (Wildman–Crippen MR) is 111 cm³/mol. The van der Waals surface area contributed by atoms with Crippen LogP contribution in [0.5, 0.6) is 5.75 Å². The third-order valence-electron chi connectivity index (χ3n) is 4.04. The Hall–Kier alpha value is -3.68. The zero-order valence-electron chi connectivity index (χ0n) is 16.3. The van der Waals surface area contributed by atoms with Crippen LogP contribution in [0.2, 0.25) is 0 Å². The number of methoxy groups -OCH3 is 1. The fourth-order valence-electron chi connectivity index (χ4n) is 2.63. The minimum absolute atomic E-state index is 0.0194. The number of nitrogens with zero attached hydrogens (tertiary/aromatic N) is 2. The molecule has 8 heteroatoms. The van der Waals surface area contributed by atoms with Gasteiger partial charge in [-0.3, -0.25) is 19.7 Å². The molecule has 0 bridgehead atoms. The van der Waals surface area contributed by atoms with Gasteiger partial charge >= 0.3 is 0 Å². The van der Waals surface area contributed by atoms with Gasteiger partial charge in [0.1, 0.15) is 12.3 Å². The SMILES string of the molecule is CCCN(CC(=O)Nc1ccccc1OC)C(=O)/C=C/c1ccc([N+](=O)[O-])cc1. The van der Waals surface area contributed by atoms with Crippen LogP contribution in [0.25, 0.3) is 6.08 Å². The molecule has 0 atom stereocenters. The number of nitro benzene ring substituents is 1. The van der Waals surface area contributed by atoms with Crippen LogP contribution in [-0.4, -0.2) is 41.8 Å². The summed E-state index contributed by atoms with van der Waals surface area (Å²) in [6.07, 6.45) is 3.61. The number of benzene rings is 2. The number of nitrogens with one attached hydrogen (secondary N) is 1. The summed E-state index contributed by atoms with van der Waals surface area (Å²) >= 11 is 0. The zero-order chi connectivity index (χ0) is 21.2. The normalized spacial score (nSPS) is 10.6. The van der Waals surface area contributed by atoms with Gasteiger partial charge in [-0.1, -0.05) is 19.1 Å². The molecule has 2 aromatic carbocycles. The van der Waals surface area contributed by atoms with E-state index in [4.69, 9.17) is 4.74 Å². The smallest absolute Gasteiger partial charge is 0.269 e. The molecule has 0 heterocycles. The number of carbonyl (C=O) groups excluding carboxylic acids is 2. The Kier molecular flexibility index (Phi) is 7.90. The molecule has 0 aliphatic carbocycles. The van der Waals surface area contributed by atoms with E-state index in [2.05, 4.69) is 5.32 Å². The van der Waals surface area contributed by atoms with Crippen molar-refractivity contribution in [3.8, 4) is 5.75 Å². The fraction of sp³-hybridized carbons (Fsp3) is 0.238. The predicted octanol–water partition coefficient (Wildman–Crippen LogP) is 3.49. The van der Waals surface area contributed by atoms with Crippen molar-refractivity contribution in [1.29, 1.82) is 0 Å². The minimum Gasteiger partial charge on any atom is -0.495 e. The van der Waals surface area contributed by atoms with Gasteiger partial charge in [-0.2, -0.15) is 0 Å². The topological polar surface area (TPSA) is 102 Å². The van der Waals surface area contributed by atoms with E-state index in [0.29, 0.717) is 30.0 Å². The third-order valence-corrected chi connectivity index (χ3v) is 4.04. The standard InChI is InChI=1S/C21H23N3O5/c1-3-14-23(15-20(25)22-18-6-4-5-7-19(18)29-2)21(26)13-10-16-8-11-17(12-9-16)24(27)28/h4-13H,3,14-15H2,1-2H3,(H,22,25)/b13-10+. The van der Waals surface area contributed by atoms with Gasteiger partial charge in [0.05, 0.1) is 17.7 Å². The molecule has 0 spiro atoms. The lowest BCUT2D eigenvalue weighted by Crippen LogP contribution is -2.37. The highest BCUT2D eigenvalue weighted by atomic mass is 16.6. The van der Waals surface area contributed by atoms with Crippen LogP contribution < -0.4 is 10.1 Å². The highest BCUT2D eigenvalue weighted by Crippen LogP contribution is 2.22. The first kappa shape index (κ1) is 21.6. The summed E-state index contributed by atoms with van der Waals surface area (Å²) in [7, 11) is 1.51. The molecule has 0 aliphatic heterocycles. The van der Waals surface area contributed by atoms with Gasteiger partial charge in [0.25, 0.3) is 5.69 Å². The summed E-state index contributed by atoms with van der Waals surface area (Å²) in [5.74, 6) is -0.118. The van der Waals surface area contributed by atoms with E-state index in [1.807, 2.05) is 6.92 Å². The summed E-state index contributed by atoms with van der Waals surface area (Å²) in [6, 6.07) is 12.9. The maximum absolute atomic E-state index is 12.5. The van der Waals surface area contributed by atoms with Crippen molar-refractivity contribution < 1.29 is 19.2 Å². The molecule has 29 heavy (non-hydrogen) atoms. The Morgan fingerprint density at radius 2 is 1.86 bits per heavy atom. The van der Waals surface area contributed by atoms with Crippen molar-refractivity contribution in [1.82, 2.24) is 4.90 Å². The maximum atomic E-state index is 12.5. The second-order valence-electron chi connectivity index (χ2n) is 6.19. The molecule has 2 rings (SSSR count). The van der Waals surface area contributed by atoms with Crippen LogP contribution in [0.3, 0.4) is 0 Å². The van der Waals surface area contributed by atoms with Crippen molar-refractivity contribution in [3.05, 3.63) is 70.3 Å². The summed E-state index contributed by atoms with van der Waals surface area (Å²) in [6.45, 7) is 2.23. The lowest BCUT2D eigenvalue weighted by atomic mass is 10.2. The lowest BCUT2D eigenvalue weighted by molar-refractivity contribution is -0.384. The van der Waals surface area contributed by atoms with Gasteiger partial charge < -0.3 is 15.0 Å². The molecule has 0 aromatic heterocycles. The molecule has 2 aromatic rings. The van der Waals surface area contributed by atoms with Crippen LogP contribution in [0, 0.1) is 10.1 Å². The van der Waals surface area contributed by atoms with E-state index in [9.17, 15) is 19.7 Å². The van der Waals surface area contributed by atoms with Crippen molar-refractivity contribution in [2.24, 2.45) is 0 Å². The molecular formula is C21H23N3O5. The van der Waals surface area contributed by atoms with Gasteiger partial charge in [-0.25, -0.2) is 0 Å². The van der Waals surface area contributed by atoms with Crippen molar-refractivity contribution in [2.75, 3.05) is 25.5 Å². The Bertz CT molecular complexity index is 893. The monoisotopic (exact) mass is 397 g/mol. The first-order valence-corrected chi connectivity index (χ1v) is 9.09. The molecule has 0 radical (unpaired) electrons. The number of carbonyl (C=O) groups is 2. The molecule has 152 valence electrons. The summed E-state index contributed by atoms with van der Waals surface area (Å²) in [5, 5.41) is 13.4. The molecule has 0 aliphatic rings. The molecule has 0 saturated heterocycles. The molecule has 8 nitrogen and oxygen atoms in total. The third kappa shape index (κ3) is 6.46. The second kappa shape index (κ2) is 10.6. The summed E-state index contributed by atoms with van der Waals surface area (Å²) < 4.78 is 5.21. The largest absolute Gasteiger partial charge is 0.495 e. The van der Waals surface area contributed by atoms with Gasteiger partial charge in [-0.05, 0) is 42.3 Å². The Labute approximate surface area is 168 Å². The fourth-order valence-corrected chi connectivity index (χ4v) is 2.63. The summed E-state index contributed by atoms with van der Waals surface area (Å²) in [4.78, 5) is 36.6. The Morgan fingerprint density at radius 3 is 2.48 bits per heavy atom. The van der Waals surface area contributed by atoms with Crippen LogP contribution in [-0.2, 0) is 9.59 Å². The Balaban J connectivity index is 2.02. The van der Waals surface area contributed by atoms with Crippen LogP contribution in [0.4, 0.5) is 11.4 Å². The number of nitro groups is 1. The van der Waals surface area contributed by atoms with E-state index in [1.54, 1.807) is 42.5 Å². The Morgan fingerprint density at radius 1 is 1.17 bits per heavy atom. The first-order valence-electron chi connectivity index (χ1n) is 9.09. The van der Waals surface area contributed by atoms with Crippen LogP contribution in [0.15, 0.2) is 54.6 Å². The van der Waals surface area contributed by atoms with Crippen molar-refractivity contribution >= 4 is 29.3 Å². The number of hydrogen-bond acceptors (Lipinski definition) is 5. The van der Waals surface area contributed by atoms with Gasteiger partial charge in [-0.15, -0.1) is 0 Å². The lowest BCUT2D eigenvalue weighted by Gasteiger charge is -2.20. The maximum Gasteiger partial charge on any atom is 0.269 e. The van der Waals surface area contributed by atoms with E-state index in [1.165, 1.54) is 30.2 Å². The second-order valence-corrected chi connectivity index (χ2v) is 6.19. The van der Waals surface area contributed by atoms with Crippen LogP contribution in [0.1, 0.15) is 18.9 Å². The molecular weight excluding hydrogens is 374 g/mol. The van der Waals surface area contributed by atoms with E-state index >= 15 is 0 Å².